The highest BCUT2D eigenvalue weighted by Crippen LogP contribution is 2.45. The van der Waals surface area contributed by atoms with Gasteiger partial charge in [-0.3, -0.25) is 37.3 Å². The summed E-state index contributed by atoms with van der Waals surface area (Å²) in [4.78, 5) is 72.0. The summed E-state index contributed by atoms with van der Waals surface area (Å²) in [6, 6.07) is 0. The van der Waals surface area contributed by atoms with Gasteiger partial charge in [0.15, 0.2) is 12.2 Å². The predicted molar refractivity (Wildman–Crippen MR) is 317 cm³/mol. The first-order valence-electron chi connectivity index (χ1n) is 32.3. The zero-order valence-corrected chi connectivity index (χ0v) is 52.8. The molecule has 0 aromatic heterocycles. The van der Waals surface area contributed by atoms with Gasteiger partial charge in [-0.05, 0) is 25.7 Å². The van der Waals surface area contributed by atoms with Crippen LogP contribution in [0.5, 0.6) is 0 Å². The van der Waals surface area contributed by atoms with Gasteiger partial charge in [0, 0.05) is 25.7 Å². The third-order valence-corrected chi connectivity index (χ3v) is 16.0. The standard InChI is InChI=1S/C61H118O17P2/c1-5-9-13-17-21-25-29-33-37-41-45-58(63)71-51-56(77-60(65)47-43-39-35-31-27-23-19-15-11-7-3)53-75-79(67,68)73-49-55(62)50-74-80(69,70)76-54-57(78-61(66)48-44-40-36-32-28-24-20-16-12-8-4)52-72-59(64)46-42-38-34-30-26-22-18-14-10-6-2/h55-57,62H,5-54H2,1-4H3,(H,67,68)(H,69,70)/t56-,57-/m1/s1. The van der Waals surface area contributed by atoms with Gasteiger partial charge < -0.3 is 33.8 Å². The molecule has 0 bridgehead atoms. The molecule has 0 aliphatic heterocycles. The minimum Gasteiger partial charge on any atom is -0.462 e. The highest BCUT2D eigenvalue weighted by atomic mass is 31.2. The quantitative estimate of drug-likeness (QED) is 0.0222. The SMILES string of the molecule is CCCCCCCCCCCCC(=O)OC[C@H](COP(=O)(O)OCC(O)COP(=O)(O)OC[C@@H](COC(=O)CCCCCCCCCCCC)OC(=O)CCCCCCCCCCCC)OC(=O)CCCCCCCCCCCC. The Morgan fingerprint density at radius 3 is 0.738 bits per heavy atom. The van der Waals surface area contributed by atoms with Crippen molar-refractivity contribution in [3.8, 4) is 0 Å². The number of carbonyl (C=O) groups excluding carboxylic acids is 4. The summed E-state index contributed by atoms with van der Waals surface area (Å²) >= 11 is 0. The Bertz CT molecular complexity index is 1440. The van der Waals surface area contributed by atoms with Crippen LogP contribution in [0.2, 0.25) is 0 Å². The Morgan fingerprint density at radius 1 is 0.300 bits per heavy atom. The third-order valence-electron chi connectivity index (χ3n) is 14.1. The lowest BCUT2D eigenvalue weighted by molar-refractivity contribution is -0.161. The van der Waals surface area contributed by atoms with Crippen molar-refractivity contribution in [3.63, 3.8) is 0 Å². The van der Waals surface area contributed by atoms with Crippen molar-refractivity contribution in [2.75, 3.05) is 39.6 Å². The highest BCUT2D eigenvalue weighted by molar-refractivity contribution is 7.47. The zero-order valence-electron chi connectivity index (χ0n) is 51.0. The second-order valence-corrected chi connectivity index (χ2v) is 25.0. The van der Waals surface area contributed by atoms with Crippen molar-refractivity contribution < 1.29 is 80.2 Å². The topological polar surface area (TPSA) is 237 Å². The number of rotatable bonds is 62. The summed E-state index contributed by atoms with van der Waals surface area (Å²) in [5, 5.41) is 10.5. The molecule has 0 aliphatic rings. The molecule has 0 radical (unpaired) electrons. The Kier molecular flexibility index (Phi) is 54.8. The van der Waals surface area contributed by atoms with Gasteiger partial charge >= 0.3 is 39.5 Å². The van der Waals surface area contributed by atoms with E-state index in [-0.39, 0.29) is 25.7 Å². The van der Waals surface area contributed by atoms with Gasteiger partial charge in [-0.15, -0.1) is 0 Å². The number of unbranched alkanes of at least 4 members (excludes halogenated alkanes) is 36. The van der Waals surface area contributed by atoms with Crippen molar-refractivity contribution in [1.82, 2.24) is 0 Å². The van der Waals surface area contributed by atoms with E-state index >= 15 is 0 Å². The lowest BCUT2D eigenvalue weighted by Crippen LogP contribution is -2.30. The lowest BCUT2D eigenvalue weighted by atomic mass is 10.1. The smallest absolute Gasteiger partial charge is 0.462 e. The number of phosphoric ester groups is 2. The maximum Gasteiger partial charge on any atom is 0.472 e. The molecule has 0 aromatic carbocycles. The number of esters is 4. The fourth-order valence-corrected chi connectivity index (χ4v) is 10.7. The fraction of sp³-hybridized carbons (Fsp3) is 0.934. The third kappa shape index (κ3) is 55.3. The maximum atomic E-state index is 12.9. The number of hydrogen-bond donors (Lipinski definition) is 3. The Balaban J connectivity index is 5.22. The minimum atomic E-state index is -4.94. The van der Waals surface area contributed by atoms with Crippen LogP contribution in [0.3, 0.4) is 0 Å². The normalized spacial score (nSPS) is 14.2. The summed E-state index contributed by atoms with van der Waals surface area (Å²) in [6.45, 7) is 4.84. The second kappa shape index (κ2) is 56.2. The summed E-state index contributed by atoms with van der Waals surface area (Å²) in [6.07, 6.45) is 40.1. The van der Waals surface area contributed by atoms with E-state index in [0.29, 0.717) is 25.7 Å². The first-order chi connectivity index (χ1) is 38.7. The monoisotopic (exact) mass is 1180 g/mol. The number of hydrogen-bond acceptors (Lipinski definition) is 15. The van der Waals surface area contributed by atoms with Gasteiger partial charge in [0.1, 0.15) is 19.3 Å². The lowest BCUT2D eigenvalue weighted by Gasteiger charge is -2.21. The van der Waals surface area contributed by atoms with E-state index in [1.165, 1.54) is 141 Å². The van der Waals surface area contributed by atoms with Crippen molar-refractivity contribution in [1.29, 1.82) is 0 Å². The van der Waals surface area contributed by atoms with E-state index in [1.54, 1.807) is 0 Å². The minimum absolute atomic E-state index is 0.107. The Labute approximate surface area is 486 Å². The molecule has 0 spiro atoms. The van der Waals surface area contributed by atoms with E-state index in [4.69, 9.17) is 37.0 Å². The molecule has 0 aromatic rings. The van der Waals surface area contributed by atoms with E-state index in [2.05, 4.69) is 27.7 Å². The number of aliphatic hydroxyl groups excluding tert-OH is 1. The van der Waals surface area contributed by atoms with Crippen LogP contribution in [0.4, 0.5) is 0 Å². The molecule has 0 fully saturated rings. The molecule has 0 aliphatic carbocycles. The molecule has 2 unspecified atom stereocenters. The summed E-state index contributed by atoms with van der Waals surface area (Å²) in [7, 11) is -9.87. The first-order valence-corrected chi connectivity index (χ1v) is 35.3. The molecular weight excluding hydrogens is 1070 g/mol. The van der Waals surface area contributed by atoms with Gasteiger partial charge in [0.05, 0.1) is 26.4 Å². The second-order valence-electron chi connectivity index (χ2n) is 22.1. The van der Waals surface area contributed by atoms with Crippen LogP contribution in [-0.4, -0.2) is 96.7 Å². The highest BCUT2D eigenvalue weighted by Gasteiger charge is 2.30. The molecule has 17 nitrogen and oxygen atoms in total. The largest absolute Gasteiger partial charge is 0.472 e. The van der Waals surface area contributed by atoms with E-state index in [0.717, 1.165) is 89.9 Å². The molecule has 4 atom stereocenters. The van der Waals surface area contributed by atoms with Gasteiger partial charge in [0.25, 0.3) is 0 Å². The van der Waals surface area contributed by atoms with Gasteiger partial charge in [-0.1, -0.05) is 259 Å². The molecule has 0 amide bonds. The zero-order chi connectivity index (χ0) is 59.1. The Morgan fingerprint density at radius 2 is 0.500 bits per heavy atom. The number of carbonyl (C=O) groups is 4. The molecule has 0 heterocycles. The molecule has 474 valence electrons. The summed E-state index contributed by atoms with van der Waals surface area (Å²) in [5.74, 6) is -2.14. The van der Waals surface area contributed by atoms with Crippen molar-refractivity contribution in [3.05, 3.63) is 0 Å². The van der Waals surface area contributed by atoms with Gasteiger partial charge in [-0.2, -0.15) is 0 Å². The van der Waals surface area contributed by atoms with E-state index < -0.39 is 97.5 Å². The van der Waals surface area contributed by atoms with Crippen LogP contribution in [-0.2, 0) is 65.4 Å². The van der Waals surface area contributed by atoms with E-state index in [9.17, 15) is 43.2 Å². The van der Waals surface area contributed by atoms with Crippen LogP contribution in [0.15, 0.2) is 0 Å². The first kappa shape index (κ1) is 78.1. The molecular formula is C61H118O17P2. The summed E-state index contributed by atoms with van der Waals surface area (Å²) < 4.78 is 67.8. The molecule has 0 saturated heterocycles. The van der Waals surface area contributed by atoms with Gasteiger partial charge in [0.2, 0.25) is 0 Å². The number of aliphatic hydroxyl groups is 1. The average molecular weight is 1190 g/mol. The average Bonchev–Trinajstić information content (AvgIpc) is 3.43. The van der Waals surface area contributed by atoms with Crippen LogP contribution >= 0.6 is 15.6 Å². The molecule has 80 heavy (non-hydrogen) atoms. The number of phosphoric acid groups is 2. The molecule has 3 N–H and O–H groups in total. The van der Waals surface area contributed by atoms with Gasteiger partial charge in [-0.25, -0.2) is 9.13 Å². The molecule has 19 heteroatoms. The van der Waals surface area contributed by atoms with Crippen molar-refractivity contribution >= 4 is 39.5 Å². The fourth-order valence-electron chi connectivity index (χ4n) is 9.10. The van der Waals surface area contributed by atoms with E-state index in [1.807, 2.05) is 0 Å². The predicted octanol–water partition coefficient (Wildman–Crippen LogP) is 16.8. The van der Waals surface area contributed by atoms with Crippen molar-refractivity contribution in [2.24, 2.45) is 0 Å². The molecule has 0 rings (SSSR count). The summed E-state index contributed by atoms with van der Waals surface area (Å²) in [5.41, 5.74) is 0. The van der Waals surface area contributed by atoms with Crippen LogP contribution in [0, 0.1) is 0 Å². The Hall–Kier alpha value is -1.94. The van der Waals surface area contributed by atoms with Crippen molar-refractivity contribution in [2.45, 2.75) is 329 Å². The van der Waals surface area contributed by atoms with Crippen LogP contribution in [0.1, 0.15) is 310 Å². The molecule has 0 saturated carbocycles. The maximum absolute atomic E-state index is 12.9. The number of ether oxygens (including phenoxy) is 4. The van der Waals surface area contributed by atoms with Crippen LogP contribution < -0.4 is 0 Å². The van der Waals surface area contributed by atoms with Crippen LogP contribution in [0.25, 0.3) is 0 Å².